The molecule has 1 atom stereocenters. The Morgan fingerprint density at radius 3 is 2.36 bits per heavy atom. The first-order valence-electron chi connectivity index (χ1n) is 9.73. The lowest BCUT2D eigenvalue weighted by molar-refractivity contribution is -0.132. The summed E-state index contributed by atoms with van der Waals surface area (Å²) >= 11 is 1.75. The molecule has 0 radical (unpaired) electrons. The molecule has 0 aliphatic carbocycles. The minimum atomic E-state index is -0.295. The number of nitrogens with zero attached hydrogens (tertiary/aromatic N) is 4. The number of piperazine rings is 1. The molecule has 1 N–H and O–H groups in total. The number of aromatic nitrogens is 2. The maximum atomic E-state index is 13.2. The Morgan fingerprint density at radius 1 is 1.11 bits per heavy atom. The van der Waals surface area contributed by atoms with E-state index in [-0.39, 0.29) is 11.9 Å². The van der Waals surface area contributed by atoms with E-state index in [1.807, 2.05) is 30.9 Å². The lowest BCUT2D eigenvalue weighted by atomic mass is 10.1. The van der Waals surface area contributed by atoms with Gasteiger partial charge in [0.1, 0.15) is 6.04 Å². The molecule has 1 aliphatic heterocycles. The third-order valence-electron chi connectivity index (χ3n) is 4.91. The van der Waals surface area contributed by atoms with E-state index in [1.54, 1.807) is 11.8 Å². The molecule has 1 aromatic carbocycles. The smallest absolute Gasteiger partial charge is 0.245 e. The molecule has 1 aliphatic rings. The van der Waals surface area contributed by atoms with Crippen LogP contribution in [0.5, 0.6) is 0 Å². The molecule has 3 rings (SSSR count). The number of hydrogen-bond acceptors (Lipinski definition) is 6. The number of aryl methyl sites for hydroxylation is 2. The number of para-hydroxylation sites is 1. The molecular weight excluding hydrogens is 370 g/mol. The van der Waals surface area contributed by atoms with E-state index < -0.39 is 0 Å². The number of carbonyl (C=O) groups excluding carboxylic acids is 1. The Kier molecular flexibility index (Phi) is 7.14. The third-order valence-corrected chi connectivity index (χ3v) is 5.55. The van der Waals surface area contributed by atoms with E-state index in [0.717, 1.165) is 49.7 Å². The fourth-order valence-electron chi connectivity index (χ4n) is 3.48. The molecule has 6 nitrogen and oxygen atoms in total. The van der Waals surface area contributed by atoms with Gasteiger partial charge in [-0.15, -0.1) is 0 Å². The van der Waals surface area contributed by atoms with Crippen LogP contribution >= 0.6 is 11.8 Å². The Bertz CT molecular complexity index is 757. The lowest BCUT2D eigenvalue weighted by Gasteiger charge is -2.37. The molecule has 2 aromatic rings. The van der Waals surface area contributed by atoms with Crippen molar-refractivity contribution in [2.75, 3.05) is 48.4 Å². The Labute approximate surface area is 171 Å². The molecule has 1 fully saturated rings. The quantitative estimate of drug-likeness (QED) is 0.772. The fourth-order valence-corrected chi connectivity index (χ4v) is 3.96. The standard InChI is InChI=1S/C21H29N5OS/c1-16-15-17(2)23-21(22-16)24-19(9-14-28-3)20(27)26-12-10-25(11-13-26)18-7-5-4-6-8-18/h4-8,15,19H,9-14H2,1-3H3,(H,22,23,24). The summed E-state index contributed by atoms with van der Waals surface area (Å²) in [5.74, 6) is 1.60. The van der Waals surface area contributed by atoms with E-state index in [0.29, 0.717) is 5.95 Å². The number of amides is 1. The highest BCUT2D eigenvalue weighted by Gasteiger charge is 2.28. The van der Waals surface area contributed by atoms with Crippen molar-refractivity contribution in [1.29, 1.82) is 0 Å². The molecule has 150 valence electrons. The third kappa shape index (κ3) is 5.38. The van der Waals surface area contributed by atoms with Crippen LogP contribution < -0.4 is 10.2 Å². The number of carbonyl (C=O) groups is 1. The number of hydrogen-bond donors (Lipinski definition) is 1. The molecule has 1 amide bonds. The average Bonchev–Trinajstić information content (AvgIpc) is 2.70. The van der Waals surface area contributed by atoms with Gasteiger partial charge in [-0.05, 0) is 50.5 Å². The summed E-state index contributed by atoms with van der Waals surface area (Å²) in [6, 6.07) is 12.0. The molecule has 2 heterocycles. The molecular formula is C21H29N5OS. The van der Waals surface area contributed by atoms with Crippen LogP contribution in [0.2, 0.25) is 0 Å². The number of rotatable bonds is 7. The van der Waals surface area contributed by atoms with Crippen LogP contribution in [0.1, 0.15) is 17.8 Å². The number of nitrogens with one attached hydrogen (secondary N) is 1. The van der Waals surface area contributed by atoms with E-state index in [9.17, 15) is 4.79 Å². The van der Waals surface area contributed by atoms with Crippen LogP contribution in [0, 0.1) is 13.8 Å². The van der Waals surface area contributed by atoms with Crippen molar-refractivity contribution in [3.05, 3.63) is 47.8 Å². The Morgan fingerprint density at radius 2 is 1.75 bits per heavy atom. The normalized spacial score (nSPS) is 15.4. The highest BCUT2D eigenvalue weighted by Crippen LogP contribution is 2.17. The van der Waals surface area contributed by atoms with Crippen LogP contribution in [0.4, 0.5) is 11.6 Å². The van der Waals surface area contributed by atoms with Crippen LogP contribution in [0.3, 0.4) is 0 Å². The van der Waals surface area contributed by atoms with Gasteiger partial charge in [0, 0.05) is 43.3 Å². The van der Waals surface area contributed by atoms with Gasteiger partial charge in [-0.2, -0.15) is 11.8 Å². The minimum absolute atomic E-state index is 0.143. The van der Waals surface area contributed by atoms with Crippen molar-refractivity contribution in [3.8, 4) is 0 Å². The van der Waals surface area contributed by atoms with Gasteiger partial charge >= 0.3 is 0 Å². The van der Waals surface area contributed by atoms with Crippen molar-refractivity contribution in [1.82, 2.24) is 14.9 Å². The maximum Gasteiger partial charge on any atom is 0.245 e. The first kappa shape index (κ1) is 20.5. The molecule has 1 saturated heterocycles. The second kappa shape index (κ2) is 9.78. The first-order chi connectivity index (χ1) is 13.6. The van der Waals surface area contributed by atoms with Gasteiger partial charge < -0.3 is 15.1 Å². The van der Waals surface area contributed by atoms with Gasteiger partial charge in [-0.25, -0.2) is 9.97 Å². The highest BCUT2D eigenvalue weighted by atomic mass is 32.2. The lowest BCUT2D eigenvalue weighted by Crippen LogP contribution is -2.53. The average molecular weight is 400 g/mol. The summed E-state index contributed by atoms with van der Waals surface area (Å²) in [4.78, 5) is 26.4. The predicted molar refractivity (Wildman–Crippen MR) is 117 cm³/mol. The number of anilines is 2. The first-order valence-corrected chi connectivity index (χ1v) is 11.1. The predicted octanol–water partition coefficient (Wildman–Crippen LogP) is 2.98. The second-order valence-corrected chi connectivity index (χ2v) is 8.09. The van der Waals surface area contributed by atoms with Gasteiger partial charge in [0.05, 0.1) is 0 Å². The molecule has 28 heavy (non-hydrogen) atoms. The van der Waals surface area contributed by atoms with Crippen LogP contribution in [0.25, 0.3) is 0 Å². The van der Waals surface area contributed by atoms with E-state index in [4.69, 9.17) is 0 Å². The summed E-state index contributed by atoms with van der Waals surface area (Å²) < 4.78 is 0. The molecule has 0 saturated carbocycles. The largest absolute Gasteiger partial charge is 0.368 e. The van der Waals surface area contributed by atoms with Gasteiger partial charge in [0.2, 0.25) is 11.9 Å². The minimum Gasteiger partial charge on any atom is -0.368 e. The van der Waals surface area contributed by atoms with Crippen molar-refractivity contribution < 1.29 is 4.79 Å². The van der Waals surface area contributed by atoms with E-state index in [2.05, 4.69) is 50.7 Å². The van der Waals surface area contributed by atoms with Gasteiger partial charge in [-0.1, -0.05) is 18.2 Å². The van der Waals surface area contributed by atoms with Crippen molar-refractivity contribution in [3.63, 3.8) is 0 Å². The van der Waals surface area contributed by atoms with Gasteiger partial charge in [0.25, 0.3) is 0 Å². The Hall–Kier alpha value is -2.28. The highest BCUT2D eigenvalue weighted by molar-refractivity contribution is 7.98. The zero-order valence-corrected chi connectivity index (χ0v) is 17.7. The topological polar surface area (TPSA) is 61.4 Å². The zero-order chi connectivity index (χ0) is 19.9. The number of benzene rings is 1. The van der Waals surface area contributed by atoms with Gasteiger partial charge in [-0.3, -0.25) is 4.79 Å². The molecule has 1 unspecified atom stereocenters. The summed E-state index contributed by atoms with van der Waals surface area (Å²) in [5.41, 5.74) is 3.03. The second-order valence-electron chi connectivity index (χ2n) is 7.10. The van der Waals surface area contributed by atoms with Crippen LogP contribution in [0.15, 0.2) is 36.4 Å². The maximum absolute atomic E-state index is 13.2. The molecule has 0 spiro atoms. The van der Waals surface area contributed by atoms with Crippen molar-refractivity contribution in [2.45, 2.75) is 26.3 Å². The summed E-state index contributed by atoms with van der Waals surface area (Å²) in [5, 5.41) is 3.30. The molecule has 1 aromatic heterocycles. The summed E-state index contributed by atoms with van der Waals surface area (Å²) in [7, 11) is 0. The summed E-state index contributed by atoms with van der Waals surface area (Å²) in [6.45, 7) is 7.07. The fraction of sp³-hybridized carbons (Fsp3) is 0.476. The monoisotopic (exact) mass is 399 g/mol. The van der Waals surface area contributed by atoms with Crippen molar-refractivity contribution >= 4 is 29.3 Å². The van der Waals surface area contributed by atoms with E-state index >= 15 is 0 Å². The number of thioether (sulfide) groups is 1. The molecule has 0 bridgehead atoms. The summed E-state index contributed by atoms with van der Waals surface area (Å²) in [6.07, 6.45) is 2.82. The SMILES string of the molecule is CSCCC(Nc1nc(C)cc(C)n1)C(=O)N1CCN(c2ccccc2)CC1. The zero-order valence-electron chi connectivity index (χ0n) is 16.9. The van der Waals surface area contributed by atoms with E-state index in [1.165, 1.54) is 5.69 Å². The molecule has 7 heteroatoms. The van der Waals surface area contributed by atoms with Crippen LogP contribution in [-0.4, -0.2) is 65.0 Å². The Balaban J connectivity index is 1.64. The van der Waals surface area contributed by atoms with Crippen LogP contribution in [-0.2, 0) is 4.79 Å². The van der Waals surface area contributed by atoms with Crippen molar-refractivity contribution in [2.24, 2.45) is 0 Å². The van der Waals surface area contributed by atoms with Gasteiger partial charge in [0.15, 0.2) is 0 Å².